The van der Waals surface area contributed by atoms with E-state index in [1.165, 1.54) is 6.42 Å². The smallest absolute Gasteiger partial charge is 0.257 e. The lowest BCUT2D eigenvalue weighted by molar-refractivity contribution is -0.117. The van der Waals surface area contributed by atoms with Crippen LogP contribution in [0.3, 0.4) is 0 Å². The Morgan fingerprint density at radius 2 is 1.90 bits per heavy atom. The van der Waals surface area contributed by atoms with Gasteiger partial charge in [-0.1, -0.05) is 6.42 Å². The molecule has 0 saturated carbocycles. The zero-order valence-corrected chi connectivity index (χ0v) is 22.4. The van der Waals surface area contributed by atoms with Gasteiger partial charge < -0.3 is 20.4 Å². The molecule has 1 fully saturated rings. The number of ether oxygens (including phenoxy) is 1. The number of nitrogens with zero attached hydrogens (tertiary/aromatic N) is 5. The molecule has 0 bridgehead atoms. The second-order valence-corrected chi connectivity index (χ2v) is 9.88. The van der Waals surface area contributed by atoms with Crippen molar-refractivity contribution in [3.63, 3.8) is 0 Å². The maximum atomic E-state index is 13.1. The normalized spacial score (nSPS) is 14.0. The Morgan fingerprint density at radius 1 is 1.05 bits per heavy atom. The van der Waals surface area contributed by atoms with Gasteiger partial charge in [0.05, 0.1) is 47.3 Å². The molecule has 0 atom stereocenters. The number of aryl methyl sites for hydroxylation is 2. The number of rotatable bonds is 10. The topological polar surface area (TPSA) is 130 Å². The molecule has 1 saturated heterocycles. The van der Waals surface area contributed by atoms with E-state index in [1.54, 1.807) is 37.8 Å². The average Bonchev–Trinajstić information content (AvgIpc) is 3.58. The minimum Gasteiger partial charge on any atom is -0.385 e. The molecule has 3 N–H and O–H groups in total. The van der Waals surface area contributed by atoms with E-state index in [9.17, 15) is 9.59 Å². The van der Waals surface area contributed by atoms with Crippen molar-refractivity contribution in [3.8, 4) is 11.3 Å². The van der Waals surface area contributed by atoms with Crippen LogP contribution in [0.15, 0.2) is 43.0 Å². The van der Waals surface area contributed by atoms with Crippen LogP contribution < -0.4 is 10.6 Å². The molecule has 11 heteroatoms. The molecule has 1 aliphatic heterocycles. The second-order valence-electron chi connectivity index (χ2n) is 9.88. The fourth-order valence-electron chi connectivity index (χ4n) is 4.73. The van der Waals surface area contributed by atoms with Crippen LogP contribution in [-0.4, -0.2) is 74.8 Å². The van der Waals surface area contributed by atoms with Crippen LogP contribution >= 0.6 is 0 Å². The van der Waals surface area contributed by atoms with Crippen molar-refractivity contribution < 1.29 is 14.3 Å². The lowest BCUT2D eigenvalue weighted by Crippen LogP contribution is -2.36. The van der Waals surface area contributed by atoms with E-state index in [1.807, 2.05) is 23.9 Å². The molecule has 2 amide bonds. The molecule has 1 aliphatic rings. The summed E-state index contributed by atoms with van der Waals surface area (Å²) in [5.41, 5.74) is 4.65. The average molecular weight is 531 g/mol. The lowest BCUT2D eigenvalue weighted by atomic mass is 10.1. The number of hydrogen-bond acceptors (Lipinski definition) is 7. The highest BCUT2D eigenvalue weighted by molar-refractivity contribution is 6.06. The molecule has 204 valence electrons. The maximum absolute atomic E-state index is 13.1. The number of aromatic amines is 1. The highest BCUT2D eigenvalue weighted by Gasteiger charge is 2.16. The van der Waals surface area contributed by atoms with Gasteiger partial charge in [-0.2, -0.15) is 5.10 Å². The summed E-state index contributed by atoms with van der Waals surface area (Å²) in [5.74, 6) is -0.391. The molecule has 4 aromatic rings. The fourth-order valence-corrected chi connectivity index (χ4v) is 4.73. The zero-order chi connectivity index (χ0) is 27.2. The Bertz CT molecular complexity index is 1450. The van der Waals surface area contributed by atoms with E-state index in [-0.39, 0.29) is 11.8 Å². The van der Waals surface area contributed by atoms with Crippen molar-refractivity contribution in [3.05, 3.63) is 54.2 Å². The first-order chi connectivity index (χ1) is 19.0. The number of amides is 2. The first-order valence-corrected chi connectivity index (χ1v) is 13.3. The van der Waals surface area contributed by atoms with Gasteiger partial charge in [0, 0.05) is 43.6 Å². The van der Waals surface area contributed by atoms with Gasteiger partial charge in [0.1, 0.15) is 5.65 Å². The van der Waals surface area contributed by atoms with Gasteiger partial charge in [-0.05, 0) is 57.5 Å². The van der Waals surface area contributed by atoms with Crippen molar-refractivity contribution in [2.24, 2.45) is 0 Å². The van der Waals surface area contributed by atoms with Gasteiger partial charge in [-0.15, -0.1) is 0 Å². The summed E-state index contributed by atoms with van der Waals surface area (Å²) in [7, 11) is 1.69. The van der Waals surface area contributed by atoms with Crippen molar-refractivity contribution in [2.45, 2.75) is 39.2 Å². The maximum Gasteiger partial charge on any atom is 0.257 e. The molecule has 0 radical (unpaired) electrons. The number of likely N-dealkylation sites (tertiary alicyclic amines) is 1. The molecule has 4 aromatic heterocycles. The lowest BCUT2D eigenvalue weighted by Gasteiger charge is -2.25. The fraction of sp³-hybridized carbons (Fsp3) is 0.393. The number of piperidine rings is 1. The van der Waals surface area contributed by atoms with Crippen molar-refractivity contribution in [1.29, 1.82) is 0 Å². The van der Waals surface area contributed by atoms with Gasteiger partial charge in [0.25, 0.3) is 5.91 Å². The number of carbonyl (C=O) groups excluding carboxylic acids is 2. The largest absolute Gasteiger partial charge is 0.385 e. The predicted octanol–water partition coefficient (Wildman–Crippen LogP) is 3.84. The van der Waals surface area contributed by atoms with Gasteiger partial charge in [-0.3, -0.25) is 24.2 Å². The Morgan fingerprint density at radius 3 is 2.72 bits per heavy atom. The van der Waals surface area contributed by atoms with Gasteiger partial charge >= 0.3 is 0 Å². The standard InChI is InChI=1S/C28H34N8O3/c1-19-24(13-23(16-29-19)32-26(37)18-35-7-4-3-5-8-35)34-28(38)21-11-20-12-25(33-27(20)30-14-21)22-15-31-36(17-22)9-6-10-39-2/h11-17H,3-10,18H2,1-2H3,(H,30,33)(H,32,37)(H,34,38). The third-order valence-corrected chi connectivity index (χ3v) is 6.85. The van der Waals surface area contributed by atoms with Crippen molar-refractivity contribution >= 4 is 34.2 Å². The molecule has 0 aromatic carbocycles. The second kappa shape index (κ2) is 12.2. The number of methoxy groups -OCH3 is 1. The summed E-state index contributed by atoms with van der Waals surface area (Å²) in [6.07, 6.45) is 11.3. The van der Waals surface area contributed by atoms with Gasteiger partial charge in [0.15, 0.2) is 0 Å². The summed E-state index contributed by atoms with van der Waals surface area (Å²) in [5, 5.41) is 11.0. The van der Waals surface area contributed by atoms with E-state index in [0.29, 0.717) is 41.4 Å². The van der Waals surface area contributed by atoms with E-state index in [0.717, 1.165) is 55.5 Å². The quantitative estimate of drug-likeness (QED) is 0.266. The molecule has 0 aliphatic carbocycles. The van der Waals surface area contributed by atoms with E-state index in [2.05, 4.69) is 35.6 Å². The van der Waals surface area contributed by atoms with Gasteiger partial charge in [0.2, 0.25) is 5.91 Å². The highest BCUT2D eigenvalue weighted by Crippen LogP contribution is 2.24. The number of H-pyrrole nitrogens is 1. The van der Waals surface area contributed by atoms with Crippen molar-refractivity contribution in [2.75, 3.05) is 44.0 Å². The molecule has 5 heterocycles. The minimum atomic E-state index is -0.306. The summed E-state index contributed by atoms with van der Waals surface area (Å²) in [6, 6.07) is 5.49. The molecule has 39 heavy (non-hydrogen) atoms. The molecule has 11 nitrogen and oxygen atoms in total. The molecular weight excluding hydrogens is 496 g/mol. The first-order valence-electron chi connectivity index (χ1n) is 13.3. The van der Waals surface area contributed by atoms with Crippen LogP contribution in [0, 0.1) is 6.92 Å². The number of fused-ring (bicyclic) bond motifs is 1. The van der Waals surface area contributed by atoms with Gasteiger partial charge in [-0.25, -0.2) is 4.98 Å². The molecular formula is C28H34N8O3. The minimum absolute atomic E-state index is 0.0849. The number of hydrogen-bond donors (Lipinski definition) is 3. The number of nitrogens with one attached hydrogen (secondary N) is 3. The van der Waals surface area contributed by atoms with E-state index >= 15 is 0 Å². The monoisotopic (exact) mass is 530 g/mol. The molecule has 0 unspecified atom stereocenters. The summed E-state index contributed by atoms with van der Waals surface area (Å²) < 4.78 is 6.99. The zero-order valence-electron chi connectivity index (χ0n) is 22.4. The van der Waals surface area contributed by atoms with Crippen LogP contribution in [0.4, 0.5) is 11.4 Å². The Hall–Kier alpha value is -4.09. The predicted molar refractivity (Wildman–Crippen MR) is 150 cm³/mol. The third-order valence-electron chi connectivity index (χ3n) is 6.85. The highest BCUT2D eigenvalue weighted by atomic mass is 16.5. The van der Waals surface area contributed by atoms with Crippen LogP contribution in [0.25, 0.3) is 22.3 Å². The SMILES string of the molecule is COCCCn1cc(-c2cc3cc(C(=O)Nc4cc(NC(=O)CN5CCCCC5)cnc4C)cnc3[nH]2)cn1. The first kappa shape index (κ1) is 26.5. The Kier molecular flexibility index (Phi) is 8.28. The summed E-state index contributed by atoms with van der Waals surface area (Å²) in [6.45, 7) is 5.51. The number of carbonyl (C=O) groups is 2. The molecule has 0 spiro atoms. The summed E-state index contributed by atoms with van der Waals surface area (Å²) in [4.78, 5) is 39.9. The number of pyridine rings is 2. The Balaban J connectivity index is 1.25. The van der Waals surface area contributed by atoms with E-state index < -0.39 is 0 Å². The number of anilines is 2. The van der Waals surface area contributed by atoms with Crippen molar-refractivity contribution in [1.82, 2.24) is 29.6 Å². The van der Waals surface area contributed by atoms with E-state index in [4.69, 9.17) is 4.74 Å². The van der Waals surface area contributed by atoms with Crippen LogP contribution in [0.5, 0.6) is 0 Å². The Labute approximate surface area is 227 Å². The van der Waals surface area contributed by atoms with Crippen LogP contribution in [-0.2, 0) is 16.1 Å². The van der Waals surface area contributed by atoms with Crippen LogP contribution in [0.2, 0.25) is 0 Å². The third kappa shape index (κ3) is 6.68. The van der Waals surface area contributed by atoms with Crippen LogP contribution in [0.1, 0.15) is 41.7 Å². The summed E-state index contributed by atoms with van der Waals surface area (Å²) >= 11 is 0. The number of aromatic nitrogens is 5. The molecule has 5 rings (SSSR count).